The Morgan fingerprint density at radius 2 is 1.64 bits per heavy atom. The number of unbranched alkanes of at least 4 members (excludes halogenated alkanes) is 2. The summed E-state index contributed by atoms with van der Waals surface area (Å²) < 4.78 is 0. The number of imide groups is 1. The van der Waals surface area contributed by atoms with Crippen LogP contribution in [0.1, 0.15) is 50.7 Å². The normalized spacial score (nSPS) is 16.5. The van der Waals surface area contributed by atoms with Crippen molar-refractivity contribution < 1.29 is 9.59 Å². The van der Waals surface area contributed by atoms with Crippen LogP contribution in [0.5, 0.6) is 0 Å². The molecule has 0 spiro atoms. The van der Waals surface area contributed by atoms with E-state index >= 15 is 0 Å². The molecule has 0 atom stereocenters. The summed E-state index contributed by atoms with van der Waals surface area (Å²) in [4.78, 5) is 29.1. The molecule has 5 heteroatoms. The molecule has 1 heterocycles. The lowest BCUT2D eigenvalue weighted by molar-refractivity contribution is -0.124. The highest BCUT2D eigenvalue weighted by Crippen LogP contribution is 2.32. The maximum absolute atomic E-state index is 12.7. The molecule has 1 aliphatic rings. The van der Waals surface area contributed by atoms with Gasteiger partial charge in [0.2, 0.25) is 0 Å². The third-order valence-corrected chi connectivity index (χ3v) is 5.15. The van der Waals surface area contributed by atoms with Crippen LogP contribution in [0, 0.1) is 6.92 Å². The molecule has 0 unspecified atom stereocenters. The number of hydrogen-bond acceptors (Lipinski definition) is 4. The Morgan fingerprint density at radius 3 is 2.20 bits per heavy atom. The van der Waals surface area contributed by atoms with Crippen LogP contribution < -0.4 is 0 Å². The molecule has 136 valence electrons. The average molecular weight is 361 g/mol. The molecule has 0 aliphatic carbocycles. The lowest BCUT2D eigenvalue weighted by Crippen LogP contribution is -2.41. The van der Waals surface area contributed by atoms with Gasteiger partial charge in [-0.2, -0.15) is 0 Å². The number of rotatable bonds is 9. The van der Waals surface area contributed by atoms with Gasteiger partial charge in [0.1, 0.15) is 0 Å². The average Bonchev–Trinajstić information content (AvgIpc) is 2.86. The van der Waals surface area contributed by atoms with Crippen LogP contribution in [0.15, 0.2) is 29.2 Å². The number of benzene rings is 1. The second-order valence-electron chi connectivity index (χ2n) is 6.49. The van der Waals surface area contributed by atoms with Crippen LogP contribution in [-0.2, 0) is 4.79 Å². The fourth-order valence-electron chi connectivity index (χ4n) is 2.65. The maximum Gasteiger partial charge on any atom is 0.294 e. The molecule has 0 N–H and O–H groups in total. The Kier molecular flexibility index (Phi) is 7.72. The SMILES string of the molecule is CCCCN(CCCC)CN1C(=O)SC(=Cc2ccc(C)cc2)C1=O. The fraction of sp³-hybridized carbons (Fsp3) is 0.500. The van der Waals surface area contributed by atoms with E-state index in [2.05, 4.69) is 18.7 Å². The highest BCUT2D eigenvalue weighted by molar-refractivity contribution is 8.18. The van der Waals surface area contributed by atoms with Gasteiger partial charge >= 0.3 is 0 Å². The zero-order valence-electron chi connectivity index (χ0n) is 15.5. The molecule has 0 saturated carbocycles. The van der Waals surface area contributed by atoms with Crippen molar-refractivity contribution in [2.24, 2.45) is 0 Å². The third-order valence-electron chi connectivity index (χ3n) is 4.25. The zero-order valence-corrected chi connectivity index (χ0v) is 16.3. The highest BCUT2D eigenvalue weighted by Gasteiger charge is 2.35. The molecule has 1 aromatic carbocycles. The van der Waals surface area contributed by atoms with Crippen molar-refractivity contribution in [1.29, 1.82) is 0 Å². The summed E-state index contributed by atoms with van der Waals surface area (Å²) in [5.41, 5.74) is 2.12. The van der Waals surface area contributed by atoms with Gasteiger partial charge in [-0.1, -0.05) is 56.5 Å². The fourth-order valence-corrected chi connectivity index (χ4v) is 3.48. The van der Waals surface area contributed by atoms with E-state index in [1.54, 1.807) is 0 Å². The first-order valence-corrected chi connectivity index (χ1v) is 9.91. The second kappa shape index (κ2) is 9.78. The van der Waals surface area contributed by atoms with E-state index < -0.39 is 0 Å². The number of carbonyl (C=O) groups is 2. The molecular formula is C20H28N2O2S. The van der Waals surface area contributed by atoms with Gasteiger partial charge in [-0.3, -0.25) is 19.4 Å². The Hall–Kier alpha value is -1.59. The Labute approximate surface area is 155 Å². The van der Waals surface area contributed by atoms with E-state index in [-0.39, 0.29) is 11.1 Å². The molecule has 2 rings (SSSR count). The predicted octanol–water partition coefficient (Wildman–Crippen LogP) is 4.89. The standard InChI is InChI=1S/C20H28N2O2S/c1-4-6-12-21(13-7-5-2)15-22-19(23)18(25-20(22)24)14-17-10-8-16(3)9-11-17/h8-11,14H,4-7,12-13,15H2,1-3H3. The van der Waals surface area contributed by atoms with Crippen LogP contribution >= 0.6 is 11.8 Å². The van der Waals surface area contributed by atoms with E-state index in [0.717, 1.165) is 56.1 Å². The zero-order chi connectivity index (χ0) is 18.2. The molecule has 0 radical (unpaired) electrons. The molecule has 2 amide bonds. The summed E-state index contributed by atoms with van der Waals surface area (Å²) in [6, 6.07) is 7.96. The summed E-state index contributed by atoms with van der Waals surface area (Å²) in [5.74, 6) is -0.173. The lowest BCUT2D eigenvalue weighted by Gasteiger charge is -2.26. The van der Waals surface area contributed by atoms with E-state index in [1.165, 1.54) is 10.5 Å². The van der Waals surface area contributed by atoms with Crippen molar-refractivity contribution in [3.8, 4) is 0 Å². The minimum Gasteiger partial charge on any atom is -0.286 e. The molecular weight excluding hydrogens is 332 g/mol. The van der Waals surface area contributed by atoms with Crippen molar-refractivity contribution in [3.05, 3.63) is 40.3 Å². The molecule has 1 fully saturated rings. The largest absolute Gasteiger partial charge is 0.294 e. The van der Waals surface area contributed by atoms with E-state index in [9.17, 15) is 9.59 Å². The number of nitrogens with zero attached hydrogens (tertiary/aromatic N) is 2. The highest BCUT2D eigenvalue weighted by atomic mass is 32.2. The van der Waals surface area contributed by atoms with Crippen molar-refractivity contribution in [2.75, 3.05) is 19.8 Å². The Balaban J connectivity index is 2.07. The first-order chi connectivity index (χ1) is 12.0. The molecule has 1 aliphatic heterocycles. The van der Waals surface area contributed by atoms with E-state index in [1.807, 2.05) is 37.3 Å². The first kappa shape index (κ1) is 19.7. The van der Waals surface area contributed by atoms with Gasteiger partial charge in [0, 0.05) is 0 Å². The quantitative estimate of drug-likeness (QED) is 0.588. The van der Waals surface area contributed by atoms with E-state index in [0.29, 0.717) is 11.6 Å². The number of thioether (sulfide) groups is 1. The van der Waals surface area contributed by atoms with Crippen LogP contribution in [0.25, 0.3) is 6.08 Å². The first-order valence-electron chi connectivity index (χ1n) is 9.09. The summed E-state index contributed by atoms with van der Waals surface area (Å²) in [5, 5.41) is -0.165. The Bertz CT molecular complexity index is 617. The van der Waals surface area contributed by atoms with Crippen molar-refractivity contribution in [1.82, 2.24) is 9.80 Å². The van der Waals surface area contributed by atoms with Gasteiger partial charge in [0.15, 0.2) is 0 Å². The predicted molar refractivity (Wildman–Crippen MR) is 105 cm³/mol. The Morgan fingerprint density at radius 1 is 1.04 bits per heavy atom. The van der Waals surface area contributed by atoms with Crippen molar-refractivity contribution in [2.45, 2.75) is 46.5 Å². The number of amides is 2. The van der Waals surface area contributed by atoms with Crippen LogP contribution in [-0.4, -0.2) is 40.7 Å². The summed E-state index contributed by atoms with van der Waals surface area (Å²) in [6.07, 6.45) is 6.20. The summed E-state index contributed by atoms with van der Waals surface area (Å²) in [6.45, 7) is 8.59. The van der Waals surface area contributed by atoms with Crippen molar-refractivity contribution >= 4 is 29.0 Å². The summed E-state index contributed by atoms with van der Waals surface area (Å²) >= 11 is 1.04. The van der Waals surface area contributed by atoms with Crippen LogP contribution in [0.4, 0.5) is 4.79 Å². The van der Waals surface area contributed by atoms with Crippen molar-refractivity contribution in [3.63, 3.8) is 0 Å². The number of hydrogen-bond donors (Lipinski definition) is 0. The van der Waals surface area contributed by atoms with Gasteiger partial charge in [0.05, 0.1) is 11.6 Å². The van der Waals surface area contributed by atoms with Crippen LogP contribution in [0.2, 0.25) is 0 Å². The topological polar surface area (TPSA) is 40.6 Å². The van der Waals surface area contributed by atoms with Crippen LogP contribution in [0.3, 0.4) is 0 Å². The molecule has 1 aromatic rings. The third kappa shape index (κ3) is 5.72. The minimum absolute atomic E-state index is 0.165. The molecule has 4 nitrogen and oxygen atoms in total. The minimum atomic E-state index is -0.173. The van der Waals surface area contributed by atoms with Gasteiger partial charge in [-0.25, -0.2) is 0 Å². The number of carbonyl (C=O) groups excluding carboxylic acids is 2. The lowest BCUT2D eigenvalue weighted by atomic mass is 10.1. The molecule has 0 bridgehead atoms. The van der Waals surface area contributed by atoms with E-state index in [4.69, 9.17) is 0 Å². The van der Waals surface area contributed by atoms with Gasteiger partial charge in [0.25, 0.3) is 11.1 Å². The molecule has 1 saturated heterocycles. The number of aryl methyl sites for hydroxylation is 1. The summed E-state index contributed by atoms with van der Waals surface area (Å²) in [7, 11) is 0. The van der Waals surface area contributed by atoms with Gasteiger partial charge in [-0.15, -0.1) is 0 Å². The second-order valence-corrected chi connectivity index (χ2v) is 7.48. The molecule has 25 heavy (non-hydrogen) atoms. The monoisotopic (exact) mass is 360 g/mol. The maximum atomic E-state index is 12.7. The molecule has 0 aromatic heterocycles. The van der Waals surface area contributed by atoms with Gasteiger partial charge < -0.3 is 0 Å². The smallest absolute Gasteiger partial charge is 0.286 e. The van der Waals surface area contributed by atoms with Gasteiger partial charge in [-0.05, 0) is 56.3 Å².